The Labute approximate surface area is 217 Å². The number of halogens is 1. The molecule has 184 valence electrons. The molecule has 0 spiro atoms. The molecule has 1 unspecified atom stereocenters. The van der Waals surface area contributed by atoms with Crippen molar-refractivity contribution < 1.29 is 14.3 Å². The minimum atomic E-state index is -0.455. The Morgan fingerprint density at radius 2 is 1.89 bits per heavy atom. The second-order valence-electron chi connectivity index (χ2n) is 8.44. The number of rotatable bonds is 8. The van der Waals surface area contributed by atoms with E-state index in [1.165, 1.54) is 6.92 Å². The molecule has 0 saturated heterocycles. The Hall–Kier alpha value is -3.92. The van der Waals surface area contributed by atoms with Crippen LogP contribution in [0.15, 0.2) is 73.2 Å². The molecular weight excluding hydrogens is 474 g/mol. The normalized spacial score (nSPS) is 11.3. The van der Waals surface area contributed by atoms with Crippen molar-refractivity contribution in [3.63, 3.8) is 0 Å². The number of hydrogen-bond donors (Lipinski definition) is 0. The zero-order chi connectivity index (χ0) is 24.9. The van der Waals surface area contributed by atoms with E-state index in [2.05, 4.69) is 11.1 Å². The SMILES string of the molecule is COc1ccc(C(C)=O)cc1COC(c1ccc(C#N)c(-c2ccccc2C)c1)c1cncn1C.Cl. The Bertz CT molecular complexity index is 1420. The number of aromatic nitrogens is 2. The maximum atomic E-state index is 11.9. The fourth-order valence-electron chi connectivity index (χ4n) is 4.18. The van der Waals surface area contributed by atoms with E-state index in [1.54, 1.807) is 37.8 Å². The molecule has 0 radical (unpaired) electrons. The monoisotopic (exact) mass is 501 g/mol. The number of hydrogen-bond acceptors (Lipinski definition) is 5. The summed E-state index contributed by atoms with van der Waals surface area (Å²) < 4.78 is 13.9. The summed E-state index contributed by atoms with van der Waals surface area (Å²) in [5.74, 6) is 0.631. The first kappa shape index (κ1) is 26.7. The maximum Gasteiger partial charge on any atom is 0.159 e. The van der Waals surface area contributed by atoms with Gasteiger partial charge in [0.15, 0.2) is 5.78 Å². The third-order valence-electron chi connectivity index (χ3n) is 6.12. The molecule has 6 nitrogen and oxygen atoms in total. The Balaban J connectivity index is 0.00000361. The highest BCUT2D eigenvalue weighted by Crippen LogP contribution is 2.34. The zero-order valence-electron chi connectivity index (χ0n) is 20.7. The van der Waals surface area contributed by atoms with Crippen LogP contribution in [0.4, 0.5) is 0 Å². The number of ketones is 1. The molecule has 0 aliphatic rings. The number of carbonyl (C=O) groups is 1. The number of carbonyl (C=O) groups excluding carboxylic acids is 1. The van der Waals surface area contributed by atoms with Gasteiger partial charge in [0, 0.05) is 23.7 Å². The molecule has 7 heteroatoms. The van der Waals surface area contributed by atoms with Gasteiger partial charge in [-0.2, -0.15) is 5.26 Å². The highest BCUT2D eigenvalue weighted by atomic mass is 35.5. The lowest BCUT2D eigenvalue weighted by Gasteiger charge is -2.21. The van der Waals surface area contributed by atoms with Crippen LogP contribution in [0.3, 0.4) is 0 Å². The van der Waals surface area contributed by atoms with Crippen LogP contribution in [-0.2, 0) is 18.4 Å². The van der Waals surface area contributed by atoms with Crippen LogP contribution in [0.5, 0.6) is 5.75 Å². The summed E-state index contributed by atoms with van der Waals surface area (Å²) in [6, 6.07) is 21.4. The molecule has 36 heavy (non-hydrogen) atoms. The van der Waals surface area contributed by atoms with Crippen molar-refractivity contribution in [2.45, 2.75) is 26.6 Å². The van der Waals surface area contributed by atoms with Crippen molar-refractivity contribution in [3.05, 3.63) is 107 Å². The first-order chi connectivity index (χ1) is 16.9. The molecule has 1 aromatic heterocycles. The quantitative estimate of drug-likeness (QED) is 0.268. The van der Waals surface area contributed by atoms with Gasteiger partial charge in [-0.1, -0.05) is 30.3 Å². The second-order valence-corrected chi connectivity index (χ2v) is 8.44. The zero-order valence-corrected chi connectivity index (χ0v) is 21.5. The summed E-state index contributed by atoms with van der Waals surface area (Å²) >= 11 is 0. The summed E-state index contributed by atoms with van der Waals surface area (Å²) in [5, 5.41) is 9.77. The Kier molecular flexibility index (Phi) is 8.65. The molecule has 1 heterocycles. The summed E-state index contributed by atoms with van der Waals surface area (Å²) in [6.07, 6.45) is 3.05. The lowest BCUT2D eigenvalue weighted by atomic mass is 9.93. The number of imidazole rings is 1. The number of nitrogens with zero attached hydrogens (tertiary/aromatic N) is 3. The fraction of sp³-hybridized carbons (Fsp3) is 0.207. The predicted octanol–water partition coefficient (Wildman–Crippen LogP) is 6.21. The van der Waals surface area contributed by atoms with Crippen molar-refractivity contribution in [2.24, 2.45) is 7.05 Å². The van der Waals surface area contributed by atoms with E-state index in [0.717, 1.165) is 33.5 Å². The van der Waals surface area contributed by atoms with Gasteiger partial charge in [0.25, 0.3) is 0 Å². The summed E-state index contributed by atoms with van der Waals surface area (Å²) in [7, 11) is 3.52. The number of Topliss-reactive ketones (excluding diaryl/α,β-unsaturated/α-hetero) is 1. The van der Waals surface area contributed by atoms with Gasteiger partial charge in [-0.3, -0.25) is 4.79 Å². The van der Waals surface area contributed by atoms with Gasteiger partial charge in [0.1, 0.15) is 11.9 Å². The van der Waals surface area contributed by atoms with Crippen LogP contribution in [0.2, 0.25) is 0 Å². The Morgan fingerprint density at radius 1 is 1.11 bits per heavy atom. The largest absolute Gasteiger partial charge is 0.496 e. The van der Waals surface area contributed by atoms with E-state index >= 15 is 0 Å². The van der Waals surface area contributed by atoms with Crippen molar-refractivity contribution in [3.8, 4) is 22.9 Å². The van der Waals surface area contributed by atoms with Gasteiger partial charge < -0.3 is 14.0 Å². The molecule has 4 aromatic rings. The molecule has 0 saturated carbocycles. The van der Waals surface area contributed by atoms with E-state index in [1.807, 2.05) is 61.0 Å². The molecular formula is C29H28ClN3O3. The standard InChI is InChI=1S/C29H27N3O3.ClH/c1-19-7-5-6-8-25(19)26-14-22(9-10-23(26)15-30)29(27-16-31-18-32(27)3)35-17-24-13-21(20(2)33)11-12-28(24)34-4;/h5-14,16,18,29H,17H2,1-4H3;1H. The Morgan fingerprint density at radius 3 is 2.53 bits per heavy atom. The number of nitriles is 1. The summed E-state index contributed by atoms with van der Waals surface area (Å²) in [4.78, 5) is 16.2. The second kappa shape index (κ2) is 11.7. The minimum absolute atomic E-state index is 0. The van der Waals surface area contributed by atoms with Crippen LogP contribution in [0.25, 0.3) is 11.1 Å². The van der Waals surface area contributed by atoms with Crippen molar-refractivity contribution in [1.29, 1.82) is 5.26 Å². The molecule has 1 atom stereocenters. The first-order valence-electron chi connectivity index (χ1n) is 11.3. The van der Waals surface area contributed by atoms with Crippen LogP contribution >= 0.6 is 12.4 Å². The van der Waals surface area contributed by atoms with Crippen LogP contribution in [-0.4, -0.2) is 22.4 Å². The van der Waals surface area contributed by atoms with Gasteiger partial charge in [0.05, 0.1) is 43.6 Å². The van der Waals surface area contributed by atoms with Gasteiger partial charge in [0.2, 0.25) is 0 Å². The van der Waals surface area contributed by atoms with Crippen molar-refractivity contribution in [1.82, 2.24) is 9.55 Å². The summed E-state index contributed by atoms with van der Waals surface area (Å²) in [5.41, 5.74) is 6.69. The molecule has 0 fully saturated rings. The van der Waals surface area contributed by atoms with Crippen molar-refractivity contribution in [2.75, 3.05) is 7.11 Å². The molecule has 0 amide bonds. The highest BCUT2D eigenvalue weighted by molar-refractivity contribution is 5.94. The first-order valence-corrected chi connectivity index (χ1v) is 11.3. The number of methoxy groups -OCH3 is 1. The summed E-state index contributed by atoms with van der Waals surface area (Å²) in [6.45, 7) is 3.79. The number of benzene rings is 3. The van der Waals surface area contributed by atoms with Crippen LogP contribution < -0.4 is 4.74 Å². The third kappa shape index (κ3) is 5.49. The topological polar surface area (TPSA) is 77.1 Å². The predicted molar refractivity (Wildman–Crippen MR) is 141 cm³/mol. The van der Waals surface area contributed by atoms with E-state index in [4.69, 9.17) is 9.47 Å². The molecule has 3 aromatic carbocycles. The smallest absolute Gasteiger partial charge is 0.159 e. The van der Waals surface area contributed by atoms with E-state index in [-0.39, 0.29) is 24.8 Å². The fourth-order valence-corrected chi connectivity index (χ4v) is 4.18. The lowest BCUT2D eigenvalue weighted by Crippen LogP contribution is -2.11. The molecule has 4 rings (SSSR count). The van der Waals surface area contributed by atoms with Gasteiger partial charge >= 0.3 is 0 Å². The molecule has 0 aliphatic heterocycles. The lowest BCUT2D eigenvalue weighted by molar-refractivity contribution is 0.0609. The number of aryl methyl sites for hydroxylation is 2. The molecule has 0 N–H and O–H groups in total. The van der Waals surface area contributed by atoms with E-state index in [9.17, 15) is 10.1 Å². The minimum Gasteiger partial charge on any atom is -0.496 e. The average Bonchev–Trinajstić information content (AvgIpc) is 3.29. The average molecular weight is 502 g/mol. The van der Waals surface area contributed by atoms with Crippen LogP contribution in [0.1, 0.15) is 51.3 Å². The maximum absolute atomic E-state index is 11.9. The van der Waals surface area contributed by atoms with Gasteiger partial charge in [-0.05, 0) is 60.9 Å². The van der Waals surface area contributed by atoms with E-state index < -0.39 is 6.10 Å². The molecule has 0 aliphatic carbocycles. The molecule has 0 bridgehead atoms. The van der Waals surface area contributed by atoms with Crippen LogP contribution in [0, 0.1) is 18.3 Å². The highest BCUT2D eigenvalue weighted by Gasteiger charge is 2.21. The van der Waals surface area contributed by atoms with Gasteiger partial charge in [-0.25, -0.2) is 4.98 Å². The van der Waals surface area contributed by atoms with Gasteiger partial charge in [-0.15, -0.1) is 12.4 Å². The third-order valence-corrected chi connectivity index (χ3v) is 6.12. The van der Waals surface area contributed by atoms with E-state index in [0.29, 0.717) is 16.9 Å². The van der Waals surface area contributed by atoms with Crippen molar-refractivity contribution >= 4 is 18.2 Å². The number of ether oxygens (including phenoxy) is 2.